The number of halogens is 6. The van der Waals surface area contributed by atoms with Crippen LogP contribution in [0.1, 0.15) is 86.9 Å². The zero-order valence-electron chi connectivity index (χ0n) is 37.1. The molecule has 0 bridgehead atoms. The normalized spacial score (nSPS) is 18.1. The van der Waals surface area contributed by atoms with Gasteiger partial charge in [-0.1, -0.05) is 71.5 Å². The molecule has 11 nitrogen and oxygen atoms in total. The Labute approximate surface area is 381 Å². The Hall–Kier alpha value is -6.88. The summed E-state index contributed by atoms with van der Waals surface area (Å²) < 4.78 is 76.0. The first-order valence-corrected chi connectivity index (χ1v) is 20.4. The van der Waals surface area contributed by atoms with E-state index in [0.717, 1.165) is 57.9 Å². The van der Waals surface area contributed by atoms with Gasteiger partial charge in [0.2, 0.25) is 17.7 Å². The third-order valence-electron chi connectivity index (χ3n) is 12.0. The van der Waals surface area contributed by atoms with Crippen LogP contribution in [0, 0.1) is 68.3 Å². The van der Waals surface area contributed by atoms with E-state index in [4.69, 9.17) is 17.6 Å². The van der Waals surface area contributed by atoms with Crippen LogP contribution in [0.4, 0.5) is 54.8 Å². The highest BCUT2D eigenvalue weighted by molar-refractivity contribution is 6.07. The number of alkyl halides is 6. The van der Waals surface area contributed by atoms with Gasteiger partial charge in [0.15, 0.2) is 5.69 Å². The summed E-state index contributed by atoms with van der Waals surface area (Å²) >= 11 is 0. The highest BCUT2D eigenvalue weighted by Gasteiger charge is 2.53. The van der Waals surface area contributed by atoms with Crippen molar-refractivity contribution in [3.05, 3.63) is 123 Å². The summed E-state index contributed by atoms with van der Waals surface area (Å²) in [6.07, 6.45) is -9.09. The number of anilines is 4. The average molecular weight is 921 g/mol. The zero-order chi connectivity index (χ0) is 49.0. The van der Waals surface area contributed by atoms with Crippen LogP contribution in [-0.2, 0) is 31.5 Å². The Morgan fingerprint density at radius 3 is 1.56 bits per heavy atom. The van der Waals surface area contributed by atoms with Gasteiger partial charge in [-0.2, -0.15) is 31.6 Å². The number of carboxylic acids is 1. The van der Waals surface area contributed by atoms with Crippen molar-refractivity contribution in [2.24, 2.45) is 22.7 Å². The fourth-order valence-corrected chi connectivity index (χ4v) is 8.08. The number of benzene rings is 4. The number of nitrogen functional groups attached to an aromatic ring is 1. The van der Waals surface area contributed by atoms with Gasteiger partial charge in [-0.15, -0.1) is 0 Å². The summed E-state index contributed by atoms with van der Waals surface area (Å²) in [6, 6.07) is 18.6. The van der Waals surface area contributed by atoms with Gasteiger partial charge in [0, 0.05) is 54.2 Å². The summed E-state index contributed by atoms with van der Waals surface area (Å²) in [6.45, 7) is 22.5. The van der Waals surface area contributed by atoms with E-state index in [-0.39, 0.29) is 79.6 Å². The third-order valence-corrected chi connectivity index (χ3v) is 12.0. The molecule has 0 spiro atoms. The number of carbonyl (C=O) groups excluding carboxylic acids is 3. The van der Waals surface area contributed by atoms with Gasteiger partial charge in [-0.3, -0.25) is 19.2 Å². The van der Waals surface area contributed by atoms with Crippen LogP contribution < -0.4 is 20.9 Å². The SMILES string of the molecule is C.Cc1cccc(C)c1N1C[C@](C(=O)O)(C(C)C)CC1=O.N#Cc1cc(N)cc(C(F)(F)F)c1.[C-]#[N+]c1cc(NC(=O)[C@@]2(C(C)C)CC(=O)N(c3c(C)cccc3C)C2)cc(C(F)(F)F)c1. The van der Waals surface area contributed by atoms with Crippen molar-refractivity contribution >= 4 is 52.1 Å². The Balaban J connectivity index is 0.000000289. The van der Waals surface area contributed by atoms with Crippen LogP contribution in [-0.4, -0.2) is 41.9 Å². The Bertz CT molecular complexity index is 2540. The molecule has 3 amide bonds. The quantitative estimate of drug-likeness (QED) is 0.0944. The Morgan fingerprint density at radius 2 is 1.18 bits per heavy atom. The molecule has 2 fully saturated rings. The highest BCUT2D eigenvalue weighted by atomic mass is 19.4. The summed E-state index contributed by atoms with van der Waals surface area (Å²) in [5.74, 6) is -2.07. The maximum Gasteiger partial charge on any atom is 0.416 e. The van der Waals surface area contributed by atoms with Crippen LogP contribution in [0.25, 0.3) is 4.85 Å². The molecule has 66 heavy (non-hydrogen) atoms. The fraction of sp³-hybridized carbons (Fsp3) is 0.388. The van der Waals surface area contributed by atoms with Crippen molar-refractivity contribution in [3.8, 4) is 6.07 Å². The van der Waals surface area contributed by atoms with Gasteiger partial charge in [0.1, 0.15) is 0 Å². The number of carboxylic acid groups (broad SMARTS) is 1. The van der Waals surface area contributed by atoms with E-state index < -0.39 is 46.2 Å². The van der Waals surface area contributed by atoms with Gasteiger partial charge in [-0.25, -0.2) is 4.85 Å². The summed E-state index contributed by atoms with van der Waals surface area (Å²) in [5, 5.41) is 20.5. The van der Waals surface area contributed by atoms with E-state index in [1.54, 1.807) is 15.9 Å². The molecule has 4 N–H and O–H groups in total. The largest absolute Gasteiger partial charge is 0.481 e. The van der Waals surface area contributed by atoms with Crippen molar-refractivity contribution < 1.29 is 50.6 Å². The number of hydrogen-bond acceptors (Lipinski definition) is 6. The molecule has 2 heterocycles. The van der Waals surface area contributed by atoms with Gasteiger partial charge in [0.25, 0.3) is 0 Å². The molecule has 0 aliphatic carbocycles. The van der Waals surface area contributed by atoms with Gasteiger partial charge < -0.3 is 26.0 Å². The lowest BCUT2D eigenvalue weighted by molar-refractivity contribution is -0.151. The maximum atomic E-state index is 13.4. The lowest BCUT2D eigenvalue weighted by atomic mass is 9.75. The lowest BCUT2D eigenvalue weighted by Crippen LogP contribution is -2.43. The van der Waals surface area contributed by atoms with E-state index in [9.17, 15) is 50.6 Å². The molecule has 0 aromatic heterocycles. The van der Waals surface area contributed by atoms with Crippen LogP contribution >= 0.6 is 0 Å². The Morgan fingerprint density at radius 1 is 0.758 bits per heavy atom. The molecule has 0 radical (unpaired) electrons. The molecule has 2 aliphatic heterocycles. The molecule has 6 rings (SSSR count). The number of nitriles is 1. The van der Waals surface area contributed by atoms with E-state index in [0.29, 0.717) is 0 Å². The molecule has 17 heteroatoms. The van der Waals surface area contributed by atoms with Crippen molar-refractivity contribution in [1.82, 2.24) is 0 Å². The number of nitrogens with one attached hydrogen (secondary N) is 1. The van der Waals surface area contributed by atoms with Gasteiger partial charge >= 0.3 is 18.3 Å². The van der Waals surface area contributed by atoms with Crippen LogP contribution in [0.5, 0.6) is 0 Å². The number of nitrogens with two attached hydrogens (primary N) is 1. The first kappa shape index (κ1) is 53.5. The van der Waals surface area contributed by atoms with E-state index in [2.05, 4.69) is 10.2 Å². The first-order valence-electron chi connectivity index (χ1n) is 20.4. The number of hydrogen-bond donors (Lipinski definition) is 3. The molecule has 0 saturated carbocycles. The predicted octanol–water partition coefficient (Wildman–Crippen LogP) is 11.5. The second-order valence-corrected chi connectivity index (χ2v) is 17.0. The molecule has 4 aromatic carbocycles. The van der Waals surface area contributed by atoms with E-state index in [1.165, 1.54) is 12.1 Å². The predicted molar refractivity (Wildman–Crippen MR) is 242 cm³/mol. The van der Waals surface area contributed by atoms with Crippen molar-refractivity contribution in [3.63, 3.8) is 0 Å². The number of nitrogens with zero attached hydrogens (tertiary/aromatic N) is 4. The molecule has 0 unspecified atom stereocenters. The van der Waals surface area contributed by atoms with Crippen molar-refractivity contribution in [2.45, 2.75) is 88.0 Å². The second-order valence-electron chi connectivity index (χ2n) is 17.0. The van der Waals surface area contributed by atoms with Gasteiger partial charge in [0.05, 0.1) is 34.6 Å². The lowest BCUT2D eigenvalue weighted by Gasteiger charge is -2.32. The molecule has 2 aliphatic rings. The molecule has 2 atom stereocenters. The van der Waals surface area contributed by atoms with Crippen molar-refractivity contribution in [1.29, 1.82) is 5.26 Å². The summed E-state index contributed by atoms with van der Waals surface area (Å²) in [7, 11) is 0. The van der Waals surface area contributed by atoms with Crippen molar-refractivity contribution in [2.75, 3.05) is 33.9 Å². The smallest absolute Gasteiger partial charge is 0.416 e. The number of amides is 3. The Kier molecular flexibility index (Phi) is 16.6. The molecular formula is C49H54F6N6O5. The number of rotatable bonds is 7. The summed E-state index contributed by atoms with van der Waals surface area (Å²) in [4.78, 5) is 56.8. The minimum absolute atomic E-state index is 0. The second kappa shape index (κ2) is 20.5. The molecule has 352 valence electrons. The van der Waals surface area contributed by atoms with Crippen LogP contribution in [0.15, 0.2) is 72.8 Å². The minimum atomic E-state index is -4.65. The van der Waals surface area contributed by atoms with E-state index >= 15 is 0 Å². The standard InChI is InChI=1S/C24H24F3N3O2.C16H21NO3.C8H5F3N2.CH4/c1-14(2)23(12-20(31)30(13-23)21-15(3)7-6-8-16(21)4)22(32)29-19-10-17(24(25,26)27)9-18(11-19)28-5;1-10(2)16(15(19)20)8-13(18)17(9-16)14-11(3)6-5-7-12(14)4;9-8(10,11)6-1-5(4-12)2-7(13)3-6;/h6-11,14H,12-13H2,1-4H3,(H,29,32);5-7,10H,8-9H2,1-4H3,(H,19,20);1-3H,13H2;1H4/t23-;16-;;/m00../s1. The molecule has 2 saturated heterocycles. The van der Waals surface area contributed by atoms with E-state index in [1.807, 2.05) is 91.8 Å². The highest BCUT2D eigenvalue weighted by Crippen LogP contribution is 2.45. The number of carbonyl (C=O) groups is 4. The third kappa shape index (κ3) is 11.5. The maximum absolute atomic E-state index is 13.4. The number of aliphatic carboxylic acids is 1. The monoisotopic (exact) mass is 920 g/mol. The molecule has 4 aromatic rings. The minimum Gasteiger partial charge on any atom is -0.481 e. The fourth-order valence-electron chi connectivity index (χ4n) is 8.08. The van der Waals surface area contributed by atoms with Crippen LogP contribution in [0.3, 0.4) is 0 Å². The van der Waals surface area contributed by atoms with Gasteiger partial charge in [-0.05, 0) is 98.2 Å². The average Bonchev–Trinajstić information content (AvgIpc) is 3.75. The zero-order valence-corrected chi connectivity index (χ0v) is 37.1. The topological polar surface area (TPSA) is 161 Å². The molecular weight excluding hydrogens is 867 g/mol. The number of para-hydroxylation sites is 2. The first-order chi connectivity index (χ1) is 30.1. The van der Waals surface area contributed by atoms with Crippen LogP contribution in [0.2, 0.25) is 0 Å². The summed E-state index contributed by atoms with van der Waals surface area (Å²) in [5.41, 5.74) is 6.08. The number of aryl methyl sites for hydroxylation is 4.